The van der Waals surface area contributed by atoms with Crippen LogP contribution in [0.15, 0.2) is 72.8 Å². The van der Waals surface area contributed by atoms with E-state index >= 15 is 0 Å². The summed E-state index contributed by atoms with van der Waals surface area (Å²) in [6, 6.07) is 25.2. The Morgan fingerprint density at radius 2 is 0.844 bits per heavy atom. The van der Waals surface area contributed by atoms with Gasteiger partial charge in [0.05, 0.1) is 13.2 Å². The second-order valence-corrected chi connectivity index (χ2v) is 10.9. The molecular weight excluding hydrogens is 394 g/mol. The molecule has 0 spiro atoms. The Hall–Kier alpha value is -2.94. The van der Waals surface area contributed by atoms with Crippen molar-refractivity contribution >= 4 is 17.1 Å². The first kappa shape index (κ1) is 23.7. The van der Waals surface area contributed by atoms with Crippen molar-refractivity contribution in [2.75, 3.05) is 18.1 Å². The molecule has 0 saturated carbocycles. The maximum atomic E-state index is 5.97. The topological polar surface area (TPSA) is 21.7 Å². The summed E-state index contributed by atoms with van der Waals surface area (Å²) in [6.45, 7) is 16.5. The minimum Gasteiger partial charge on any atom is -0.493 e. The maximum absolute atomic E-state index is 5.97. The minimum atomic E-state index is 0.128. The summed E-state index contributed by atoms with van der Waals surface area (Å²) in [5.41, 5.74) is 4.78. The van der Waals surface area contributed by atoms with Gasteiger partial charge in [-0.3, -0.25) is 0 Å². The van der Waals surface area contributed by atoms with E-state index in [9.17, 15) is 0 Å². The van der Waals surface area contributed by atoms with Gasteiger partial charge in [-0.05, 0) is 78.4 Å². The average Bonchev–Trinajstić information content (AvgIpc) is 2.73. The molecule has 0 unspecified atom stereocenters. The maximum Gasteiger partial charge on any atom is 0.119 e. The molecule has 0 aliphatic heterocycles. The lowest BCUT2D eigenvalue weighted by molar-refractivity contribution is 0.198. The summed E-state index contributed by atoms with van der Waals surface area (Å²) in [7, 11) is 0. The second-order valence-electron chi connectivity index (χ2n) is 10.9. The third kappa shape index (κ3) is 7.05. The van der Waals surface area contributed by atoms with Crippen LogP contribution < -0.4 is 14.4 Å². The highest BCUT2D eigenvalue weighted by Crippen LogP contribution is 2.36. The lowest BCUT2D eigenvalue weighted by Crippen LogP contribution is -2.17. The van der Waals surface area contributed by atoms with E-state index in [1.807, 2.05) is 24.3 Å². The van der Waals surface area contributed by atoms with E-state index in [0.717, 1.165) is 28.6 Å². The number of nitrogens with zero attached hydrogens (tertiary/aromatic N) is 1. The predicted octanol–water partition coefficient (Wildman–Crippen LogP) is 8.31. The predicted molar refractivity (Wildman–Crippen MR) is 136 cm³/mol. The fourth-order valence-corrected chi connectivity index (χ4v) is 3.12. The molecule has 0 aliphatic rings. The first-order valence-corrected chi connectivity index (χ1v) is 11.3. The van der Waals surface area contributed by atoms with Crippen molar-refractivity contribution in [1.82, 2.24) is 0 Å². The van der Waals surface area contributed by atoms with E-state index in [2.05, 4.69) is 102 Å². The van der Waals surface area contributed by atoms with E-state index < -0.39 is 0 Å². The van der Waals surface area contributed by atoms with Gasteiger partial charge in [-0.15, -0.1) is 0 Å². The summed E-state index contributed by atoms with van der Waals surface area (Å²) in [5, 5.41) is 0. The van der Waals surface area contributed by atoms with Gasteiger partial charge in [-0.25, -0.2) is 0 Å². The highest BCUT2D eigenvalue weighted by atomic mass is 16.5. The van der Waals surface area contributed by atoms with Crippen LogP contribution in [0.4, 0.5) is 17.1 Å². The Morgan fingerprint density at radius 1 is 0.531 bits per heavy atom. The van der Waals surface area contributed by atoms with E-state index in [0.29, 0.717) is 13.2 Å². The van der Waals surface area contributed by atoms with E-state index in [4.69, 9.17) is 9.47 Å². The Morgan fingerprint density at radius 3 is 1.16 bits per heavy atom. The van der Waals surface area contributed by atoms with Gasteiger partial charge in [0.2, 0.25) is 0 Å². The lowest BCUT2D eigenvalue weighted by Gasteiger charge is -2.26. The first-order chi connectivity index (χ1) is 15.0. The Labute approximate surface area is 194 Å². The summed E-state index contributed by atoms with van der Waals surface area (Å²) in [5.74, 6) is 1.77. The Bertz CT molecular complexity index is 914. The molecule has 3 aromatic carbocycles. The quantitative estimate of drug-likeness (QED) is 0.375. The molecule has 3 aromatic rings. The molecule has 3 rings (SSSR count). The van der Waals surface area contributed by atoms with Crippen LogP contribution in [0.2, 0.25) is 0 Å². The molecule has 0 fully saturated rings. The zero-order valence-electron chi connectivity index (χ0n) is 20.6. The first-order valence-electron chi connectivity index (χ1n) is 11.3. The van der Waals surface area contributed by atoms with Crippen LogP contribution in [0.3, 0.4) is 0 Å². The highest BCUT2D eigenvalue weighted by molar-refractivity contribution is 5.77. The molecule has 3 nitrogen and oxygen atoms in total. The van der Waals surface area contributed by atoms with Gasteiger partial charge in [-0.2, -0.15) is 0 Å². The molecule has 0 amide bonds. The van der Waals surface area contributed by atoms with Crippen LogP contribution in [0.5, 0.6) is 11.5 Å². The van der Waals surface area contributed by atoms with Crippen molar-refractivity contribution in [3.63, 3.8) is 0 Å². The number of benzene rings is 3. The van der Waals surface area contributed by atoms with Crippen molar-refractivity contribution in [1.29, 1.82) is 0 Å². The SMILES string of the molecule is Cc1ccc(N(c2ccc(OCC(C)(C)C)cc2)c2ccc(OCC(C)(C)C)cc2)cc1. The van der Waals surface area contributed by atoms with Crippen molar-refractivity contribution < 1.29 is 9.47 Å². The van der Waals surface area contributed by atoms with Gasteiger partial charge in [0.25, 0.3) is 0 Å². The van der Waals surface area contributed by atoms with Gasteiger partial charge in [0.15, 0.2) is 0 Å². The van der Waals surface area contributed by atoms with Crippen LogP contribution in [0.25, 0.3) is 0 Å². The number of aryl methyl sites for hydroxylation is 1. The normalized spacial score (nSPS) is 11.8. The summed E-state index contributed by atoms with van der Waals surface area (Å²) < 4.78 is 11.9. The summed E-state index contributed by atoms with van der Waals surface area (Å²) >= 11 is 0. The smallest absolute Gasteiger partial charge is 0.119 e. The number of hydrogen-bond donors (Lipinski definition) is 0. The van der Waals surface area contributed by atoms with E-state index in [1.165, 1.54) is 5.56 Å². The van der Waals surface area contributed by atoms with Crippen LogP contribution in [0, 0.1) is 17.8 Å². The molecule has 0 radical (unpaired) electrons. The largest absolute Gasteiger partial charge is 0.493 e. The number of rotatable bonds is 7. The molecule has 0 atom stereocenters. The molecule has 3 heteroatoms. The molecule has 32 heavy (non-hydrogen) atoms. The van der Waals surface area contributed by atoms with E-state index in [-0.39, 0.29) is 10.8 Å². The van der Waals surface area contributed by atoms with Gasteiger partial charge < -0.3 is 14.4 Å². The highest BCUT2D eigenvalue weighted by Gasteiger charge is 2.15. The molecule has 0 aromatic heterocycles. The third-order valence-corrected chi connectivity index (χ3v) is 4.83. The Kier molecular flexibility index (Phi) is 7.18. The van der Waals surface area contributed by atoms with Gasteiger partial charge in [0.1, 0.15) is 11.5 Å². The fourth-order valence-electron chi connectivity index (χ4n) is 3.12. The molecule has 170 valence electrons. The molecule has 0 heterocycles. The molecule has 0 aliphatic carbocycles. The van der Waals surface area contributed by atoms with Gasteiger partial charge >= 0.3 is 0 Å². The number of hydrogen-bond acceptors (Lipinski definition) is 3. The van der Waals surface area contributed by atoms with Gasteiger partial charge in [0, 0.05) is 17.1 Å². The van der Waals surface area contributed by atoms with Crippen molar-refractivity contribution in [2.45, 2.75) is 48.5 Å². The van der Waals surface area contributed by atoms with Crippen LogP contribution in [-0.2, 0) is 0 Å². The van der Waals surface area contributed by atoms with Crippen molar-refractivity contribution in [3.8, 4) is 11.5 Å². The average molecular weight is 432 g/mol. The molecule has 0 bridgehead atoms. The standard InChI is InChI=1S/C29H37NO2/c1-22-8-10-23(11-9-22)30(24-12-16-26(17-13-24)31-20-28(2,3)4)25-14-18-27(19-15-25)32-21-29(5,6)7/h8-19H,20-21H2,1-7H3. The van der Waals surface area contributed by atoms with Crippen LogP contribution >= 0.6 is 0 Å². The fraction of sp³-hybridized carbons (Fsp3) is 0.379. The minimum absolute atomic E-state index is 0.128. The van der Waals surface area contributed by atoms with Crippen molar-refractivity contribution in [2.24, 2.45) is 10.8 Å². The van der Waals surface area contributed by atoms with Crippen LogP contribution in [0.1, 0.15) is 47.1 Å². The monoisotopic (exact) mass is 431 g/mol. The Balaban J connectivity index is 1.87. The zero-order chi connectivity index (χ0) is 23.4. The van der Waals surface area contributed by atoms with Crippen molar-refractivity contribution in [3.05, 3.63) is 78.4 Å². The number of anilines is 3. The lowest BCUT2D eigenvalue weighted by atomic mass is 9.99. The number of ether oxygens (including phenoxy) is 2. The summed E-state index contributed by atoms with van der Waals surface area (Å²) in [4.78, 5) is 2.25. The third-order valence-electron chi connectivity index (χ3n) is 4.83. The zero-order valence-corrected chi connectivity index (χ0v) is 20.6. The molecular formula is C29H37NO2. The second kappa shape index (κ2) is 9.68. The molecule has 0 saturated heterocycles. The molecule has 0 N–H and O–H groups in total. The van der Waals surface area contributed by atoms with Crippen LogP contribution in [-0.4, -0.2) is 13.2 Å². The van der Waals surface area contributed by atoms with Gasteiger partial charge in [-0.1, -0.05) is 59.2 Å². The van der Waals surface area contributed by atoms with E-state index in [1.54, 1.807) is 0 Å². The summed E-state index contributed by atoms with van der Waals surface area (Å²) in [6.07, 6.45) is 0.